The van der Waals surface area contributed by atoms with Gasteiger partial charge in [0.2, 0.25) is 0 Å². The second-order valence-electron chi connectivity index (χ2n) is 4.52. The van der Waals surface area contributed by atoms with E-state index in [9.17, 15) is 13.6 Å². The molecule has 0 aliphatic carbocycles. The molecule has 0 saturated heterocycles. The molecule has 0 aliphatic heterocycles. The third-order valence-corrected chi connectivity index (χ3v) is 2.86. The lowest BCUT2D eigenvalue weighted by atomic mass is 10.1. The molecule has 0 saturated carbocycles. The summed E-state index contributed by atoms with van der Waals surface area (Å²) in [5.41, 5.74) is 1.16. The molecule has 0 atom stereocenters. The fraction of sp³-hybridized carbons (Fsp3) is 0.188. The highest BCUT2D eigenvalue weighted by atomic mass is 19.1. The molecular weight excluding hydrogens is 262 g/mol. The van der Waals surface area contributed by atoms with Crippen molar-refractivity contribution in [2.75, 3.05) is 6.61 Å². The molecule has 4 heteroatoms. The molecule has 2 rings (SSSR count). The summed E-state index contributed by atoms with van der Waals surface area (Å²) in [5.74, 6) is -0.934. The molecule has 2 aromatic rings. The molecule has 0 aromatic heterocycles. The van der Waals surface area contributed by atoms with Gasteiger partial charge in [-0.05, 0) is 36.2 Å². The Labute approximate surface area is 116 Å². The number of ketones is 1. The zero-order chi connectivity index (χ0) is 14.5. The number of carbonyl (C=O) groups is 1. The molecule has 0 aliphatic rings. The van der Waals surface area contributed by atoms with Crippen LogP contribution in [-0.4, -0.2) is 12.4 Å². The molecule has 0 radical (unpaired) electrons. The summed E-state index contributed by atoms with van der Waals surface area (Å²) in [6.45, 7) is 1.42. The van der Waals surface area contributed by atoms with Crippen molar-refractivity contribution in [1.29, 1.82) is 0 Å². The number of ether oxygens (including phenoxy) is 1. The van der Waals surface area contributed by atoms with Gasteiger partial charge >= 0.3 is 0 Å². The molecule has 0 bridgehead atoms. The number of halogens is 2. The summed E-state index contributed by atoms with van der Waals surface area (Å²) >= 11 is 0. The summed E-state index contributed by atoms with van der Waals surface area (Å²) in [6.07, 6.45) is 0.133. The second kappa shape index (κ2) is 6.28. The smallest absolute Gasteiger partial charge is 0.174 e. The van der Waals surface area contributed by atoms with Gasteiger partial charge in [0, 0.05) is 6.42 Å². The minimum atomic E-state index is -0.456. The van der Waals surface area contributed by atoms with Gasteiger partial charge in [0.25, 0.3) is 0 Å². The van der Waals surface area contributed by atoms with Crippen LogP contribution in [0.3, 0.4) is 0 Å². The minimum Gasteiger partial charge on any atom is -0.483 e. The Hall–Kier alpha value is -2.23. The van der Waals surface area contributed by atoms with Crippen LogP contribution in [0, 0.1) is 18.6 Å². The predicted molar refractivity (Wildman–Crippen MR) is 71.7 cm³/mol. The van der Waals surface area contributed by atoms with E-state index in [0.717, 1.165) is 0 Å². The number of benzene rings is 2. The average Bonchev–Trinajstić information content (AvgIpc) is 2.43. The molecule has 0 spiro atoms. The van der Waals surface area contributed by atoms with Gasteiger partial charge in [-0.2, -0.15) is 0 Å². The number of rotatable bonds is 5. The highest BCUT2D eigenvalue weighted by molar-refractivity contribution is 5.82. The third kappa shape index (κ3) is 3.63. The largest absolute Gasteiger partial charge is 0.483 e. The maximum atomic E-state index is 13.6. The van der Waals surface area contributed by atoms with Gasteiger partial charge in [0.1, 0.15) is 12.4 Å². The van der Waals surface area contributed by atoms with E-state index in [1.54, 1.807) is 31.2 Å². The Morgan fingerprint density at radius 3 is 2.50 bits per heavy atom. The van der Waals surface area contributed by atoms with Gasteiger partial charge in [0.05, 0.1) is 0 Å². The Kier molecular flexibility index (Phi) is 4.45. The fourth-order valence-corrected chi connectivity index (χ4v) is 1.77. The van der Waals surface area contributed by atoms with Gasteiger partial charge in [-0.25, -0.2) is 8.78 Å². The first-order valence-corrected chi connectivity index (χ1v) is 6.20. The number of Topliss-reactive ketones (excluding diaryl/α,β-unsaturated/α-hetero) is 1. The second-order valence-corrected chi connectivity index (χ2v) is 4.52. The SMILES string of the molecule is Cc1cccc(OCC(=O)Cc2ccc(F)cc2)c1F. The number of hydrogen-bond donors (Lipinski definition) is 0. The van der Waals surface area contributed by atoms with Crippen LogP contribution in [0.2, 0.25) is 0 Å². The van der Waals surface area contributed by atoms with E-state index in [2.05, 4.69) is 0 Å². The summed E-state index contributed by atoms with van der Waals surface area (Å²) < 4.78 is 31.5. The summed E-state index contributed by atoms with van der Waals surface area (Å²) in [6, 6.07) is 10.4. The van der Waals surface area contributed by atoms with Crippen LogP contribution in [0.4, 0.5) is 8.78 Å². The average molecular weight is 276 g/mol. The highest BCUT2D eigenvalue weighted by Gasteiger charge is 2.09. The standard InChI is InChI=1S/C16H14F2O2/c1-11-3-2-4-15(16(11)18)20-10-14(19)9-12-5-7-13(17)8-6-12/h2-8H,9-10H2,1H3. The van der Waals surface area contributed by atoms with Crippen LogP contribution in [-0.2, 0) is 11.2 Å². The quantitative estimate of drug-likeness (QED) is 0.836. The minimum absolute atomic E-state index is 0.0671. The van der Waals surface area contributed by atoms with Gasteiger partial charge in [-0.1, -0.05) is 24.3 Å². The van der Waals surface area contributed by atoms with Crippen LogP contribution in [0.15, 0.2) is 42.5 Å². The Morgan fingerprint density at radius 2 is 1.80 bits per heavy atom. The molecule has 0 fully saturated rings. The summed E-state index contributed by atoms with van der Waals surface area (Å²) in [7, 11) is 0. The maximum Gasteiger partial charge on any atom is 0.174 e. The number of carbonyl (C=O) groups excluding carboxylic acids is 1. The lowest BCUT2D eigenvalue weighted by Gasteiger charge is -2.08. The van der Waals surface area contributed by atoms with Crippen LogP contribution in [0.1, 0.15) is 11.1 Å². The van der Waals surface area contributed by atoms with E-state index in [-0.39, 0.29) is 30.4 Å². The molecule has 0 heterocycles. The summed E-state index contributed by atoms with van der Waals surface area (Å²) in [4.78, 5) is 11.7. The van der Waals surface area contributed by atoms with E-state index in [0.29, 0.717) is 11.1 Å². The van der Waals surface area contributed by atoms with Crippen molar-refractivity contribution in [2.24, 2.45) is 0 Å². The normalized spacial score (nSPS) is 10.3. The molecule has 2 aromatic carbocycles. The van der Waals surface area contributed by atoms with Crippen LogP contribution in [0.5, 0.6) is 5.75 Å². The Balaban J connectivity index is 1.92. The van der Waals surface area contributed by atoms with Gasteiger partial charge in [-0.15, -0.1) is 0 Å². The van der Waals surface area contributed by atoms with Gasteiger partial charge < -0.3 is 4.74 Å². The fourth-order valence-electron chi connectivity index (χ4n) is 1.77. The molecule has 20 heavy (non-hydrogen) atoms. The molecule has 0 unspecified atom stereocenters. The van der Waals surface area contributed by atoms with Crippen LogP contribution < -0.4 is 4.74 Å². The predicted octanol–water partition coefficient (Wildman–Crippen LogP) is 3.46. The van der Waals surface area contributed by atoms with Crippen molar-refractivity contribution in [3.63, 3.8) is 0 Å². The lowest BCUT2D eigenvalue weighted by Crippen LogP contribution is -2.14. The maximum absolute atomic E-state index is 13.6. The van der Waals surface area contributed by atoms with E-state index < -0.39 is 5.82 Å². The Bertz CT molecular complexity index is 606. The first-order chi connectivity index (χ1) is 9.56. The zero-order valence-electron chi connectivity index (χ0n) is 11.0. The van der Waals surface area contributed by atoms with Crippen molar-refractivity contribution in [1.82, 2.24) is 0 Å². The first-order valence-electron chi connectivity index (χ1n) is 6.20. The van der Waals surface area contributed by atoms with E-state index >= 15 is 0 Å². The molecular formula is C16H14F2O2. The zero-order valence-corrected chi connectivity index (χ0v) is 11.0. The van der Waals surface area contributed by atoms with Crippen molar-refractivity contribution in [3.05, 3.63) is 65.2 Å². The molecule has 0 N–H and O–H groups in total. The van der Waals surface area contributed by atoms with Gasteiger partial charge in [0.15, 0.2) is 17.3 Å². The third-order valence-electron chi connectivity index (χ3n) is 2.86. The molecule has 104 valence electrons. The number of hydrogen-bond acceptors (Lipinski definition) is 2. The van der Waals surface area contributed by atoms with Crippen LogP contribution in [0.25, 0.3) is 0 Å². The van der Waals surface area contributed by atoms with Gasteiger partial charge in [-0.3, -0.25) is 4.79 Å². The monoisotopic (exact) mass is 276 g/mol. The number of aryl methyl sites for hydroxylation is 1. The molecule has 0 amide bonds. The Morgan fingerprint density at radius 1 is 1.10 bits per heavy atom. The van der Waals surface area contributed by atoms with Crippen molar-refractivity contribution in [2.45, 2.75) is 13.3 Å². The first kappa shape index (κ1) is 14.2. The van der Waals surface area contributed by atoms with E-state index in [1.807, 2.05) is 0 Å². The van der Waals surface area contributed by atoms with Crippen LogP contribution >= 0.6 is 0 Å². The van der Waals surface area contributed by atoms with Crippen molar-refractivity contribution in [3.8, 4) is 5.75 Å². The molecule has 2 nitrogen and oxygen atoms in total. The van der Waals surface area contributed by atoms with E-state index in [1.165, 1.54) is 18.2 Å². The van der Waals surface area contributed by atoms with Crippen molar-refractivity contribution >= 4 is 5.78 Å². The summed E-state index contributed by atoms with van der Waals surface area (Å²) in [5, 5.41) is 0. The lowest BCUT2D eigenvalue weighted by molar-refractivity contribution is -0.120. The van der Waals surface area contributed by atoms with Crippen molar-refractivity contribution < 1.29 is 18.3 Å². The van der Waals surface area contributed by atoms with E-state index in [4.69, 9.17) is 4.74 Å². The highest BCUT2D eigenvalue weighted by Crippen LogP contribution is 2.19. The topological polar surface area (TPSA) is 26.3 Å².